The van der Waals surface area contributed by atoms with Crippen molar-refractivity contribution in [1.82, 2.24) is 14.6 Å². The molecule has 0 amide bonds. The predicted octanol–water partition coefficient (Wildman–Crippen LogP) is 6.92. The average Bonchev–Trinajstić information content (AvgIpc) is 3.74. The van der Waals surface area contributed by atoms with Crippen molar-refractivity contribution < 1.29 is 42.9 Å². The predicted molar refractivity (Wildman–Crippen MR) is 209 cm³/mol. The van der Waals surface area contributed by atoms with E-state index in [0.29, 0.717) is 12.1 Å². The molecule has 3 aromatic rings. The molecule has 1 aliphatic heterocycles. The topological polar surface area (TPSA) is 204 Å². The standard InChI is InChI=1S/C40H60N5O9P/c1-2-3-4-5-6-7-8-9-10-11-12-13-14-15-16-20-25-50-27-33(51-26-32-21-18-17-19-22-32)28-52-55(48,49)53-29-35-37(46)38(47)40(30-41,54-35)36-24-23-34-39(42)43-31-44-45(34)36/h9-10,17-19,21-24,31,33,35,37-38,46-47H,2-8,11-16,20,25-29H2,1H3,(H,48,49)(H2,42,43,44)/b10-9+/t33-,35-,37-,38-,40+/m1/s1. The van der Waals surface area contributed by atoms with Crippen molar-refractivity contribution in [3.05, 3.63) is 72.2 Å². The van der Waals surface area contributed by atoms with Crippen molar-refractivity contribution in [2.75, 3.05) is 32.2 Å². The Labute approximate surface area is 325 Å². The molecule has 0 spiro atoms. The van der Waals surface area contributed by atoms with Crippen molar-refractivity contribution in [3.63, 3.8) is 0 Å². The number of phosphoric ester groups is 1. The lowest BCUT2D eigenvalue weighted by molar-refractivity contribution is -0.0690. The number of anilines is 1. The fourth-order valence-corrected chi connectivity index (χ4v) is 7.30. The molecule has 3 heterocycles. The second kappa shape index (κ2) is 23.8. The number of benzene rings is 1. The van der Waals surface area contributed by atoms with Crippen molar-refractivity contribution in [3.8, 4) is 6.07 Å². The number of ether oxygens (including phenoxy) is 3. The van der Waals surface area contributed by atoms with Crippen LogP contribution in [0.1, 0.15) is 108 Å². The smallest absolute Gasteiger partial charge is 0.387 e. The van der Waals surface area contributed by atoms with Crippen molar-refractivity contribution >= 4 is 19.2 Å². The van der Waals surface area contributed by atoms with Gasteiger partial charge in [0.05, 0.1) is 32.1 Å². The van der Waals surface area contributed by atoms with Crippen LogP contribution >= 0.6 is 7.82 Å². The minimum absolute atomic E-state index is 0.0900. The minimum atomic E-state index is -4.71. The highest BCUT2D eigenvalue weighted by Crippen LogP contribution is 2.46. The molecule has 1 fully saturated rings. The number of nitriles is 1. The fourth-order valence-electron chi connectivity index (χ4n) is 6.53. The van der Waals surface area contributed by atoms with Crippen LogP contribution in [0, 0.1) is 11.3 Å². The second-order valence-electron chi connectivity index (χ2n) is 14.1. The highest BCUT2D eigenvalue weighted by Gasteiger charge is 2.58. The van der Waals surface area contributed by atoms with Crippen LogP contribution in [0.25, 0.3) is 5.52 Å². The van der Waals surface area contributed by atoms with E-state index in [-0.39, 0.29) is 31.3 Å². The molecule has 1 aromatic carbocycles. The van der Waals surface area contributed by atoms with Crippen LogP contribution in [0.15, 0.2) is 60.9 Å². The number of nitrogens with zero attached hydrogens (tertiary/aromatic N) is 4. The summed E-state index contributed by atoms with van der Waals surface area (Å²) in [6.45, 7) is 2.17. The zero-order valence-electron chi connectivity index (χ0n) is 32.1. The minimum Gasteiger partial charge on any atom is -0.387 e. The lowest BCUT2D eigenvalue weighted by Gasteiger charge is -2.24. The van der Waals surface area contributed by atoms with Gasteiger partial charge in [0.25, 0.3) is 0 Å². The number of nitrogens with two attached hydrogens (primary N) is 1. The lowest BCUT2D eigenvalue weighted by Crippen LogP contribution is -2.41. The molecule has 55 heavy (non-hydrogen) atoms. The molecule has 4 rings (SSSR count). The van der Waals surface area contributed by atoms with Gasteiger partial charge >= 0.3 is 7.82 Å². The van der Waals surface area contributed by atoms with E-state index in [2.05, 4.69) is 29.2 Å². The highest BCUT2D eigenvalue weighted by molar-refractivity contribution is 7.47. The Bertz CT molecular complexity index is 1650. The Morgan fingerprint density at radius 1 is 0.964 bits per heavy atom. The summed E-state index contributed by atoms with van der Waals surface area (Å²) in [7, 11) is -4.71. The number of allylic oxidation sites excluding steroid dienone is 2. The molecule has 15 heteroatoms. The molecule has 0 bridgehead atoms. The normalized spacial score (nSPS) is 21.6. The van der Waals surface area contributed by atoms with Gasteiger partial charge in [0.1, 0.15) is 42.3 Å². The van der Waals surface area contributed by atoms with Crippen LogP contribution in [0.2, 0.25) is 0 Å². The summed E-state index contributed by atoms with van der Waals surface area (Å²) < 4.78 is 42.4. The van der Waals surface area contributed by atoms with Gasteiger partial charge in [-0.25, -0.2) is 14.1 Å². The van der Waals surface area contributed by atoms with E-state index in [1.165, 1.54) is 81.1 Å². The molecule has 6 atom stereocenters. The van der Waals surface area contributed by atoms with Gasteiger partial charge in [-0.15, -0.1) is 0 Å². The molecule has 1 unspecified atom stereocenters. The summed E-state index contributed by atoms with van der Waals surface area (Å²) in [6, 6.07) is 14.4. The van der Waals surface area contributed by atoms with Gasteiger partial charge in [-0.05, 0) is 49.8 Å². The zero-order chi connectivity index (χ0) is 39.4. The molecule has 14 nitrogen and oxygen atoms in total. The molecule has 1 saturated heterocycles. The number of rotatable bonds is 28. The Hall–Kier alpha value is -3.22. The number of aliphatic hydroxyl groups is 2. The maximum atomic E-state index is 13.0. The monoisotopic (exact) mass is 785 g/mol. The van der Waals surface area contributed by atoms with Crippen molar-refractivity contribution in [2.45, 2.75) is 133 Å². The van der Waals surface area contributed by atoms with Gasteiger partial charge in [0.15, 0.2) is 5.82 Å². The molecule has 0 saturated carbocycles. The number of hydrogen-bond acceptors (Lipinski definition) is 12. The van der Waals surface area contributed by atoms with Crippen LogP contribution in [-0.2, 0) is 40.0 Å². The summed E-state index contributed by atoms with van der Waals surface area (Å²) >= 11 is 0. The summed E-state index contributed by atoms with van der Waals surface area (Å²) in [6.07, 6.45) is 17.5. The molecular weight excluding hydrogens is 725 g/mol. The summed E-state index contributed by atoms with van der Waals surface area (Å²) in [4.78, 5) is 14.5. The van der Waals surface area contributed by atoms with E-state index in [0.717, 1.165) is 31.2 Å². The third-order valence-corrected chi connectivity index (χ3v) is 10.7. The Kier molecular flexibility index (Phi) is 19.2. The number of phosphoric acid groups is 1. The van der Waals surface area contributed by atoms with Crippen LogP contribution in [0.3, 0.4) is 0 Å². The highest BCUT2D eigenvalue weighted by atomic mass is 31.2. The van der Waals surface area contributed by atoms with Crippen LogP contribution in [0.5, 0.6) is 0 Å². The summed E-state index contributed by atoms with van der Waals surface area (Å²) in [5.41, 5.74) is 5.19. The van der Waals surface area contributed by atoms with Gasteiger partial charge in [0.2, 0.25) is 5.60 Å². The van der Waals surface area contributed by atoms with E-state index >= 15 is 0 Å². The van der Waals surface area contributed by atoms with Crippen molar-refractivity contribution in [2.24, 2.45) is 0 Å². The van der Waals surface area contributed by atoms with Gasteiger partial charge in [-0.2, -0.15) is 10.4 Å². The fraction of sp³-hybridized carbons (Fsp3) is 0.625. The van der Waals surface area contributed by atoms with Gasteiger partial charge < -0.3 is 35.1 Å². The second-order valence-corrected chi connectivity index (χ2v) is 15.5. The first kappa shape index (κ1) is 44.5. The van der Waals surface area contributed by atoms with Crippen LogP contribution < -0.4 is 5.73 Å². The van der Waals surface area contributed by atoms with E-state index in [9.17, 15) is 24.9 Å². The summed E-state index contributed by atoms with van der Waals surface area (Å²) in [5.74, 6) is 0.135. The summed E-state index contributed by atoms with van der Waals surface area (Å²) in [5, 5.41) is 36.0. The van der Waals surface area contributed by atoms with Gasteiger partial charge in [-0.1, -0.05) is 107 Å². The SMILES string of the molecule is CCCCCCCC/C=C/CCCCCCCCOC[C@H](COP(=O)(O)OC[C@H]1O[C@@](C#N)(c2ccc3c(N)ncnn23)[C@H](O)[C@@H]1O)OCc1ccccc1. The third kappa shape index (κ3) is 14.0. The third-order valence-electron chi connectivity index (χ3n) is 9.74. The maximum absolute atomic E-state index is 13.0. The maximum Gasteiger partial charge on any atom is 0.472 e. The molecule has 5 N–H and O–H groups in total. The van der Waals surface area contributed by atoms with E-state index in [1.807, 2.05) is 36.4 Å². The number of aliphatic hydroxyl groups excluding tert-OH is 2. The number of nitrogen functional groups attached to an aromatic ring is 1. The number of hydrogen-bond donors (Lipinski definition) is 4. The first-order valence-electron chi connectivity index (χ1n) is 19.7. The quantitative estimate of drug-likeness (QED) is 0.0336. The van der Waals surface area contributed by atoms with Crippen LogP contribution in [-0.4, -0.2) is 80.5 Å². The molecule has 2 aromatic heterocycles. The van der Waals surface area contributed by atoms with Gasteiger partial charge in [0, 0.05) is 6.61 Å². The van der Waals surface area contributed by atoms with E-state index in [1.54, 1.807) is 6.07 Å². The zero-order valence-corrected chi connectivity index (χ0v) is 33.0. The van der Waals surface area contributed by atoms with E-state index in [4.69, 9.17) is 29.0 Å². The molecular formula is C40H60N5O9P. The first-order valence-corrected chi connectivity index (χ1v) is 21.2. The molecule has 0 aliphatic carbocycles. The number of fused-ring (bicyclic) bond motifs is 1. The Morgan fingerprint density at radius 3 is 2.33 bits per heavy atom. The average molecular weight is 786 g/mol. The van der Waals surface area contributed by atoms with Gasteiger partial charge in [-0.3, -0.25) is 9.05 Å². The largest absolute Gasteiger partial charge is 0.472 e. The van der Waals surface area contributed by atoms with Crippen LogP contribution in [0.4, 0.5) is 5.82 Å². The van der Waals surface area contributed by atoms with E-state index < -0.39 is 44.4 Å². The first-order chi connectivity index (χ1) is 26.7. The number of aromatic nitrogens is 3. The lowest BCUT2D eigenvalue weighted by atomic mass is 9.92. The molecule has 304 valence electrons. The molecule has 0 radical (unpaired) electrons. The Balaban J connectivity index is 1.16. The Morgan fingerprint density at radius 2 is 1.64 bits per heavy atom. The molecule has 1 aliphatic rings. The number of unbranched alkanes of at least 4 members (excludes halogenated alkanes) is 12. The van der Waals surface area contributed by atoms with Crippen molar-refractivity contribution in [1.29, 1.82) is 5.26 Å².